The molecule has 1 aromatic rings. The van der Waals surface area contributed by atoms with E-state index in [0.29, 0.717) is 0 Å². The van der Waals surface area contributed by atoms with Crippen LogP contribution in [0.15, 0.2) is 30.3 Å². The highest BCUT2D eigenvalue weighted by molar-refractivity contribution is 5.83. The molecular formula is C11H11NO4. The molecule has 0 saturated carbocycles. The number of carboxylic acids is 1. The molecule has 16 heavy (non-hydrogen) atoms. The number of rotatable bonds is 3. The van der Waals surface area contributed by atoms with Crippen molar-refractivity contribution in [2.75, 3.05) is 13.2 Å². The van der Waals surface area contributed by atoms with Crippen LogP contribution in [0.4, 0.5) is 0 Å². The largest absolute Gasteiger partial charge is 0.480 e. The normalized spacial score (nSPS) is 20.1. The lowest BCUT2D eigenvalue weighted by molar-refractivity contribution is -0.144. The van der Waals surface area contributed by atoms with Crippen LogP contribution in [0.5, 0.6) is 0 Å². The smallest absolute Gasteiger partial charge is 0.323 e. The molecule has 0 aromatic heterocycles. The highest BCUT2D eigenvalue weighted by atomic mass is 16.5. The molecule has 1 atom stereocenters. The molecule has 1 aliphatic rings. The van der Waals surface area contributed by atoms with Gasteiger partial charge in [-0.2, -0.15) is 0 Å². The van der Waals surface area contributed by atoms with Gasteiger partial charge in [0.25, 0.3) is 5.91 Å². The molecule has 5 heteroatoms. The molecule has 0 spiro atoms. The Balaban J connectivity index is 2.21. The van der Waals surface area contributed by atoms with Crippen molar-refractivity contribution in [2.24, 2.45) is 0 Å². The summed E-state index contributed by atoms with van der Waals surface area (Å²) >= 11 is 0. The topological polar surface area (TPSA) is 66.8 Å². The van der Waals surface area contributed by atoms with Crippen LogP contribution in [0, 0.1) is 0 Å². The van der Waals surface area contributed by atoms with Crippen LogP contribution < -0.4 is 0 Å². The third-order valence-electron chi connectivity index (χ3n) is 2.36. The number of hydrogen-bond acceptors (Lipinski definition) is 3. The van der Waals surface area contributed by atoms with E-state index in [1.165, 1.54) is 4.90 Å². The Morgan fingerprint density at radius 3 is 2.75 bits per heavy atom. The fourth-order valence-corrected chi connectivity index (χ4v) is 1.66. The monoisotopic (exact) mass is 221 g/mol. The van der Waals surface area contributed by atoms with Crippen molar-refractivity contribution in [3.63, 3.8) is 0 Å². The van der Waals surface area contributed by atoms with E-state index in [4.69, 9.17) is 9.84 Å². The average Bonchev–Trinajstić information content (AvgIpc) is 2.61. The van der Waals surface area contributed by atoms with Gasteiger partial charge in [0.15, 0.2) is 6.23 Å². The van der Waals surface area contributed by atoms with Gasteiger partial charge in [0.05, 0.1) is 0 Å². The molecule has 5 nitrogen and oxygen atoms in total. The second-order valence-corrected chi connectivity index (χ2v) is 3.49. The minimum absolute atomic E-state index is 0.0627. The zero-order valence-electron chi connectivity index (χ0n) is 8.50. The summed E-state index contributed by atoms with van der Waals surface area (Å²) in [5.74, 6) is -1.34. The molecule has 2 rings (SSSR count). The Hall–Kier alpha value is -1.88. The van der Waals surface area contributed by atoms with Crippen LogP contribution >= 0.6 is 0 Å². The number of carbonyl (C=O) groups is 2. The van der Waals surface area contributed by atoms with Crippen molar-refractivity contribution < 1.29 is 19.4 Å². The van der Waals surface area contributed by atoms with E-state index in [1.54, 1.807) is 12.1 Å². The first-order valence-corrected chi connectivity index (χ1v) is 4.86. The summed E-state index contributed by atoms with van der Waals surface area (Å²) in [6.45, 7) is -0.398. The maximum absolute atomic E-state index is 11.4. The number of benzene rings is 1. The summed E-state index contributed by atoms with van der Waals surface area (Å²) in [4.78, 5) is 23.3. The Kier molecular flexibility index (Phi) is 2.87. The van der Waals surface area contributed by atoms with Crippen LogP contribution in [0.25, 0.3) is 0 Å². The van der Waals surface area contributed by atoms with Crippen molar-refractivity contribution >= 4 is 11.9 Å². The Morgan fingerprint density at radius 1 is 1.44 bits per heavy atom. The zero-order chi connectivity index (χ0) is 11.5. The van der Waals surface area contributed by atoms with Gasteiger partial charge in [-0.1, -0.05) is 30.3 Å². The summed E-state index contributed by atoms with van der Waals surface area (Å²) < 4.78 is 5.28. The summed E-state index contributed by atoms with van der Waals surface area (Å²) in [6.07, 6.45) is -0.579. The summed E-state index contributed by atoms with van der Waals surface area (Å²) in [6, 6.07) is 9.10. The van der Waals surface area contributed by atoms with Gasteiger partial charge in [0.1, 0.15) is 13.2 Å². The quantitative estimate of drug-likeness (QED) is 0.812. The summed E-state index contributed by atoms with van der Waals surface area (Å²) in [5, 5.41) is 8.71. The first-order valence-electron chi connectivity index (χ1n) is 4.86. The molecule has 0 aliphatic carbocycles. The van der Waals surface area contributed by atoms with E-state index in [0.717, 1.165) is 5.56 Å². The van der Waals surface area contributed by atoms with Crippen molar-refractivity contribution in [1.82, 2.24) is 4.90 Å². The van der Waals surface area contributed by atoms with Crippen LogP contribution in [-0.2, 0) is 14.3 Å². The number of nitrogens with zero attached hydrogens (tertiary/aromatic N) is 1. The second-order valence-electron chi connectivity index (χ2n) is 3.49. The maximum Gasteiger partial charge on any atom is 0.323 e. The minimum Gasteiger partial charge on any atom is -0.480 e. The van der Waals surface area contributed by atoms with E-state index in [2.05, 4.69) is 0 Å². The number of amides is 1. The highest BCUT2D eigenvalue weighted by Crippen LogP contribution is 2.26. The maximum atomic E-state index is 11.4. The third-order valence-corrected chi connectivity index (χ3v) is 2.36. The SMILES string of the molecule is O=C(O)CN1C(=O)COC1c1ccccc1. The lowest BCUT2D eigenvalue weighted by atomic mass is 10.2. The number of ether oxygens (including phenoxy) is 1. The molecule has 1 fully saturated rings. The van der Waals surface area contributed by atoms with E-state index in [1.807, 2.05) is 18.2 Å². The number of aliphatic carboxylic acids is 1. The van der Waals surface area contributed by atoms with Gasteiger partial charge in [-0.3, -0.25) is 14.5 Å². The second kappa shape index (κ2) is 4.32. The molecule has 0 bridgehead atoms. The predicted molar refractivity (Wildman–Crippen MR) is 54.5 cm³/mol. The van der Waals surface area contributed by atoms with Crippen molar-refractivity contribution in [1.29, 1.82) is 0 Å². The standard InChI is InChI=1S/C11H11NO4/c13-9-7-16-11(12(9)6-10(14)15)8-4-2-1-3-5-8/h1-5,11H,6-7H2,(H,14,15). The summed E-state index contributed by atoms with van der Waals surface area (Å²) in [5.41, 5.74) is 0.787. The highest BCUT2D eigenvalue weighted by Gasteiger charge is 2.34. The van der Waals surface area contributed by atoms with E-state index in [9.17, 15) is 9.59 Å². The first kappa shape index (κ1) is 10.6. The predicted octanol–water partition coefficient (Wildman–Crippen LogP) is 0.629. The zero-order valence-corrected chi connectivity index (χ0v) is 8.50. The molecule has 1 unspecified atom stereocenters. The van der Waals surface area contributed by atoms with Gasteiger partial charge in [0.2, 0.25) is 0 Å². The van der Waals surface area contributed by atoms with Gasteiger partial charge < -0.3 is 9.84 Å². The Bertz CT molecular complexity index is 404. The van der Waals surface area contributed by atoms with E-state index >= 15 is 0 Å². The Morgan fingerprint density at radius 2 is 2.12 bits per heavy atom. The molecule has 1 N–H and O–H groups in total. The Labute approximate surface area is 92.2 Å². The van der Waals surface area contributed by atoms with Crippen LogP contribution in [-0.4, -0.2) is 35.0 Å². The minimum atomic E-state index is -1.04. The molecule has 0 radical (unpaired) electrons. The van der Waals surface area contributed by atoms with Crippen molar-refractivity contribution in [2.45, 2.75) is 6.23 Å². The molecule has 1 amide bonds. The van der Waals surface area contributed by atoms with Crippen LogP contribution in [0.1, 0.15) is 11.8 Å². The lowest BCUT2D eigenvalue weighted by Gasteiger charge is -2.21. The molecular weight excluding hydrogens is 210 g/mol. The average molecular weight is 221 g/mol. The van der Waals surface area contributed by atoms with E-state index in [-0.39, 0.29) is 19.1 Å². The van der Waals surface area contributed by atoms with Crippen molar-refractivity contribution in [3.05, 3.63) is 35.9 Å². The molecule has 84 valence electrons. The molecule has 1 aromatic carbocycles. The number of hydrogen-bond donors (Lipinski definition) is 1. The van der Waals surface area contributed by atoms with Gasteiger partial charge in [-0.25, -0.2) is 0 Å². The number of carboxylic acid groups (broad SMARTS) is 1. The van der Waals surface area contributed by atoms with Gasteiger partial charge in [-0.15, -0.1) is 0 Å². The van der Waals surface area contributed by atoms with Crippen LogP contribution in [0.3, 0.4) is 0 Å². The first-order chi connectivity index (χ1) is 7.68. The van der Waals surface area contributed by atoms with Crippen molar-refractivity contribution in [3.8, 4) is 0 Å². The van der Waals surface area contributed by atoms with Gasteiger partial charge in [0, 0.05) is 5.56 Å². The fraction of sp³-hybridized carbons (Fsp3) is 0.273. The third kappa shape index (κ3) is 2.04. The van der Waals surface area contributed by atoms with E-state index < -0.39 is 12.2 Å². The summed E-state index contributed by atoms with van der Waals surface area (Å²) in [7, 11) is 0. The number of carbonyl (C=O) groups excluding carboxylic acids is 1. The van der Waals surface area contributed by atoms with Crippen LogP contribution in [0.2, 0.25) is 0 Å². The molecule has 1 aliphatic heterocycles. The molecule has 1 saturated heterocycles. The van der Waals surface area contributed by atoms with Gasteiger partial charge in [-0.05, 0) is 0 Å². The van der Waals surface area contributed by atoms with Gasteiger partial charge >= 0.3 is 5.97 Å². The fourth-order valence-electron chi connectivity index (χ4n) is 1.66. The lowest BCUT2D eigenvalue weighted by Crippen LogP contribution is -2.33. The molecule has 1 heterocycles.